The summed E-state index contributed by atoms with van der Waals surface area (Å²) in [6.45, 7) is 0. The Labute approximate surface area is 185 Å². The molecule has 24 heavy (non-hydrogen) atoms. The van der Waals surface area contributed by atoms with Crippen molar-refractivity contribution in [3.05, 3.63) is 71.8 Å². The van der Waals surface area contributed by atoms with Gasteiger partial charge >= 0.3 is 59.1 Å². The van der Waals surface area contributed by atoms with Gasteiger partial charge in [0.1, 0.15) is 9.81 Å². The summed E-state index contributed by atoms with van der Waals surface area (Å²) in [4.78, 5) is -1.75. The van der Waals surface area contributed by atoms with Crippen molar-refractivity contribution in [2.75, 3.05) is 0 Å². The SMILES string of the molecule is O=S(=O)(O)C(=C(c1ccccc1)S(=O)(=O)O)c1ccccc1.[NaH].[NaH]. The minimum atomic E-state index is -4.91. The van der Waals surface area contributed by atoms with E-state index in [1.165, 1.54) is 48.5 Å². The molecule has 0 saturated heterocycles. The van der Waals surface area contributed by atoms with Gasteiger partial charge in [0.05, 0.1) is 0 Å². The Morgan fingerprint density at radius 3 is 1.04 bits per heavy atom. The number of hydrogen-bond donors (Lipinski definition) is 2. The molecule has 0 radical (unpaired) electrons. The predicted molar refractivity (Wildman–Crippen MR) is 97.1 cm³/mol. The Hall–Kier alpha value is 0.000000000000000444. The van der Waals surface area contributed by atoms with E-state index in [0.717, 1.165) is 0 Å². The van der Waals surface area contributed by atoms with Crippen LogP contribution in [0.5, 0.6) is 0 Å². The predicted octanol–water partition coefficient (Wildman–Crippen LogP) is 0.991. The Morgan fingerprint density at radius 2 is 0.833 bits per heavy atom. The van der Waals surface area contributed by atoms with Gasteiger partial charge in [0, 0.05) is 0 Å². The van der Waals surface area contributed by atoms with Crippen molar-refractivity contribution in [3.8, 4) is 0 Å². The first kappa shape index (κ1) is 24.0. The van der Waals surface area contributed by atoms with E-state index in [9.17, 15) is 25.9 Å². The van der Waals surface area contributed by atoms with Gasteiger partial charge in [-0.2, -0.15) is 16.8 Å². The summed E-state index contributed by atoms with van der Waals surface area (Å²) >= 11 is 0. The first-order chi connectivity index (χ1) is 10.2. The molecule has 0 aromatic heterocycles. The molecule has 0 amide bonds. The maximum absolute atomic E-state index is 11.7. The van der Waals surface area contributed by atoms with E-state index < -0.39 is 30.0 Å². The molecular weight excluding hydrogens is 374 g/mol. The molecule has 0 atom stereocenters. The molecule has 0 aliphatic carbocycles. The van der Waals surface area contributed by atoms with Crippen molar-refractivity contribution in [2.45, 2.75) is 0 Å². The van der Waals surface area contributed by atoms with Crippen LogP contribution in [-0.2, 0) is 20.2 Å². The average molecular weight is 388 g/mol. The normalized spacial score (nSPS) is 12.4. The quantitative estimate of drug-likeness (QED) is 0.459. The van der Waals surface area contributed by atoms with Crippen molar-refractivity contribution >= 4 is 89.2 Å². The van der Waals surface area contributed by atoms with Crippen LogP contribution in [-0.4, -0.2) is 85.1 Å². The van der Waals surface area contributed by atoms with Gasteiger partial charge in [0.15, 0.2) is 0 Å². The zero-order valence-electron chi connectivity index (χ0n) is 11.1. The summed E-state index contributed by atoms with van der Waals surface area (Å²) in [5, 5.41) is 0. The third-order valence-electron chi connectivity index (χ3n) is 2.79. The monoisotopic (exact) mass is 388 g/mol. The maximum atomic E-state index is 11.7. The van der Waals surface area contributed by atoms with Gasteiger partial charge in [0.25, 0.3) is 20.2 Å². The second-order valence-corrected chi connectivity index (χ2v) is 7.06. The van der Waals surface area contributed by atoms with Crippen LogP contribution >= 0.6 is 0 Å². The molecule has 10 heteroatoms. The molecule has 0 aliphatic rings. The summed E-state index contributed by atoms with van der Waals surface area (Å²) in [5.41, 5.74) is -0.108. The van der Waals surface area contributed by atoms with Crippen molar-refractivity contribution in [1.29, 1.82) is 0 Å². The molecule has 120 valence electrons. The van der Waals surface area contributed by atoms with Crippen LogP contribution in [0.3, 0.4) is 0 Å². The van der Waals surface area contributed by atoms with E-state index in [-0.39, 0.29) is 70.2 Å². The first-order valence-electron chi connectivity index (χ1n) is 6.01. The summed E-state index contributed by atoms with van der Waals surface area (Å²) in [6.07, 6.45) is 0. The Kier molecular flexibility index (Phi) is 9.63. The Bertz CT molecular complexity index is 831. The second-order valence-electron chi connectivity index (χ2n) is 4.34. The molecule has 0 saturated carbocycles. The van der Waals surface area contributed by atoms with Gasteiger partial charge in [-0.25, -0.2) is 0 Å². The molecular formula is C14H14Na2O6S2. The van der Waals surface area contributed by atoms with Gasteiger partial charge < -0.3 is 0 Å². The standard InChI is InChI=1S/C14H12O6S2.2Na.2H/c15-21(16,17)13(11-7-3-1-4-8-11)14(22(18,19)20)12-9-5-2-6-10-12;;;;/h1-10H,(H,15,16,17)(H,18,19,20);;;;. The van der Waals surface area contributed by atoms with Gasteiger partial charge in [-0.1, -0.05) is 60.7 Å². The van der Waals surface area contributed by atoms with E-state index in [0.29, 0.717) is 0 Å². The molecule has 0 aliphatic heterocycles. The molecule has 6 nitrogen and oxygen atoms in total. The van der Waals surface area contributed by atoms with E-state index in [4.69, 9.17) is 0 Å². The third kappa shape index (κ3) is 6.06. The van der Waals surface area contributed by atoms with Crippen LogP contribution in [0.4, 0.5) is 0 Å². The van der Waals surface area contributed by atoms with Crippen LogP contribution in [0.1, 0.15) is 11.1 Å². The summed E-state index contributed by atoms with van der Waals surface area (Å²) in [6, 6.07) is 14.4. The van der Waals surface area contributed by atoms with Gasteiger partial charge in [-0.05, 0) is 11.1 Å². The average Bonchev–Trinajstić information content (AvgIpc) is 2.44. The van der Waals surface area contributed by atoms with E-state index >= 15 is 0 Å². The molecule has 2 aromatic rings. The fourth-order valence-electron chi connectivity index (χ4n) is 1.97. The number of hydrogen-bond acceptors (Lipinski definition) is 4. The van der Waals surface area contributed by atoms with Crippen molar-refractivity contribution < 1.29 is 25.9 Å². The van der Waals surface area contributed by atoms with Gasteiger partial charge in [-0.3, -0.25) is 9.11 Å². The van der Waals surface area contributed by atoms with E-state index in [1.54, 1.807) is 12.1 Å². The second kappa shape index (κ2) is 9.63. The van der Waals surface area contributed by atoms with Crippen LogP contribution in [0.25, 0.3) is 9.81 Å². The molecule has 2 N–H and O–H groups in total. The summed E-state index contributed by atoms with van der Waals surface area (Å²) in [5.74, 6) is 0. The molecule has 2 rings (SSSR count). The topological polar surface area (TPSA) is 109 Å². The van der Waals surface area contributed by atoms with Gasteiger partial charge in [0.2, 0.25) is 0 Å². The molecule has 0 bridgehead atoms. The minimum absolute atomic E-state index is 0. The zero-order chi connectivity index (χ0) is 16.4. The van der Waals surface area contributed by atoms with Crippen LogP contribution < -0.4 is 0 Å². The third-order valence-corrected chi connectivity index (χ3v) is 4.83. The van der Waals surface area contributed by atoms with Crippen molar-refractivity contribution in [3.63, 3.8) is 0 Å². The number of rotatable bonds is 4. The Balaban J connectivity index is 0.00000264. The van der Waals surface area contributed by atoms with E-state index in [1.807, 2.05) is 0 Å². The first-order valence-corrected chi connectivity index (χ1v) is 8.89. The van der Waals surface area contributed by atoms with Crippen molar-refractivity contribution in [1.82, 2.24) is 0 Å². The van der Waals surface area contributed by atoms with Crippen LogP contribution in [0.15, 0.2) is 60.7 Å². The molecule has 0 unspecified atom stereocenters. The molecule has 2 aromatic carbocycles. The number of benzene rings is 2. The fourth-order valence-corrected chi connectivity index (χ4v) is 4.18. The Morgan fingerprint density at radius 1 is 0.583 bits per heavy atom. The van der Waals surface area contributed by atoms with Crippen molar-refractivity contribution in [2.24, 2.45) is 0 Å². The summed E-state index contributed by atoms with van der Waals surface area (Å²) in [7, 11) is -9.82. The molecule has 0 heterocycles. The molecule has 0 spiro atoms. The van der Waals surface area contributed by atoms with Crippen LogP contribution in [0, 0.1) is 0 Å². The van der Waals surface area contributed by atoms with Crippen LogP contribution in [0.2, 0.25) is 0 Å². The molecule has 0 fully saturated rings. The van der Waals surface area contributed by atoms with Gasteiger partial charge in [-0.15, -0.1) is 0 Å². The zero-order valence-corrected chi connectivity index (χ0v) is 12.8. The summed E-state index contributed by atoms with van der Waals surface area (Å²) < 4.78 is 65.8. The fraction of sp³-hybridized carbons (Fsp3) is 0. The van der Waals surface area contributed by atoms with E-state index in [2.05, 4.69) is 0 Å².